The van der Waals surface area contributed by atoms with Gasteiger partial charge in [0.25, 0.3) is 0 Å². The molecule has 5 heteroatoms. The summed E-state index contributed by atoms with van der Waals surface area (Å²) in [6.45, 7) is 18.2. The number of hydrogen-bond acceptors (Lipinski definition) is 3. The van der Waals surface area contributed by atoms with Gasteiger partial charge in [0.1, 0.15) is 16.5 Å². The van der Waals surface area contributed by atoms with Crippen LogP contribution < -0.4 is 0 Å². The molecule has 0 N–H and O–H groups in total. The maximum absolute atomic E-state index is 5.46. The highest BCUT2D eigenvalue weighted by molar-refractivity contribution is 7.80. The predicted octanol–water partition coefficient (Wildman–Crippen LogP) is 4.87. The highest BCUT2D eigenvalue weighted by atomic mass is 32.1. The van der Waals surface area contributed by atoms with E-state index in [1.54, 1.807) is 0 Å². The minimum absolute atomic E-state index is 0.604. The third-order valence-corrected chi connectivity index (χ3v) is 11.3. The summed E-state index contributed by atoms with van der Waals surface area (Å²) in [4.78, 5) is 0. The second-order valence-electron chi connectivity index (χ2n) is 7.35. The molecule has 0 saturated carbocycles. The average molecular weight is 340 g/mol. The molecule has 0 aliphatic rings. The van der Waals surface area contributed by atoms with Crippen molar-refractivity contribution in [2.24, 2.45) is 0 Å². The molecule has 0 radical (unpaired) electrons. The van der Waals surface area contributed by atoms with Crippen LogP contribution >= 0.6 is 12.2 Å². The van der Waals surface area contributed by atoms with E-state index < -0.39 is 16.5 Å². The summed E-state index contributed by atoms with van der Waals surface area (Å²) in [5.74, 6) is 0. The van der Waals surface area contributed by atoms with Crippen molar-refractivity contribution in [3.8, 4) is 0 Å². The van der Waals surface area contributed by atoms with E-state index in [1.807, 2.05) is 13.0 Å². The van der Waals surface area contributed by atoms with Crippen molar-refractivity contribution >= 4 is 33.7 Å². The van der Waals surface area contributed by atoms with Gasteiger partial charge in [0.2, 0.25) is 0 Å². The number of ether oxygens (including phenoxy) is 1. The molecule has 0 atom stereocenters. The van der Waals surface area contributed by atoms with Gasteiger partial charge in [0.05, 0.1) is 6.61 Å². The smallest absolute Gasteiger partial charge is 0.191 e. The zero-order valence-electron chi connectivity index (χ0n) is 14.5. The Kier molecular flexibility index (Phi) is 6.34. The first kappa shape index (κ1) is 18.6. The van der Waals surface area contributed by atoms with Crippen LogP contribution in [-0.4, -0.2) is 32.4 Å². The van der Waals surface area contributed by atoms with E-state index in [9.17, 15) is 0 Å². The lowest BCUT2D eigenvalue weighted by Gasteiger charge is -2.43. The molecular weight excluding hydrogens is 310 g/mol. The van der Waals surface area contributed by atoms with Crippen LogP contribution in [0.15, 0.2) is 24.3 Å². The van der Waals surface area contributed by atoms with Crippen LogP contribution in [0, 0.1) is 0 Å². The summed E-state index contributed by atoms with van der Waals surface area (Å²) in [6.07, 6.45) is 0. The lowest BCUT2D eigenvalue weighted by Crippen LogP contribution is -2.58. The predicted molar refractivity (Wildman–Crippen MR) is 102 cm³/mol. The normalized spacial score (nSPS) is 12.6. The van der Waals surface area contributed by atoms with Gasteiger partial charge in [0, 0.05) is 12.1 Å². The maximum atomic E-state index is 5.46. The van der Waals surface area contributed by atoms with Crippen LogP contribution in [0.1, 0.15) is 18.1 Å². The third kappa shape index (κ3) is 5.66. The van der Waals surface area contributed by atoms with E-state index in [0.717, 1.165) is 12.1 Å². The van der Waals surface area contributed by atoms with Crippen molar-refractivity contribution in [2.45, 2.75) is 52.8 Å². The lowest BCUT2D eigenvalue weighted by molar-refractivity contribution is 0.337. The Balaban J connectivity index is 3.01. The van der Waals surface area contributed by atoms with E-state index in [-0.39, 0.29) is 0 Å². The van der Waals surface area contributed by atoms with Gasteiger partial charge in [-0.2, -0.15) is 0 Å². The van der Waals surface area contributed by atoms with E-state index in [0.29, 0.717) is 11.7 Å². The van der Waals surface area contributed by atoms with Gasteiger partial charge in [-0.05, 0) is 30.8 Å². The van der Waals surface area contributed by atoms with E-state index in [1.165, 1.54) is 5.56 Å². The first-order chi connectivity index (χ1) is 9.55. The largest absolute Gasteiger partial charge is 0.483 e. The molecule has 0 spiro atoms. The van der Waals surface area contributed by atoms with E-state index >= 15 is 0 Å². The Morgan fingerprint density at radius 2 is 1.67 bits per heavy atom. The number of hydrogen-bond donors (Lipinski definition) is 0. The first-order valence-corrected chi connectivity index (χ1v) is 14.9. The Hall–Kier alpha value is -0.496. The van der Waals surface area contributed by atoms with Crippen molar-refractivity contribution in [3.05, 3.63) is 35.4 Å². The van der Waals surface area contributed by atoms with Crippen LogP contribution in [0.2, 0.25) is 39.3 Å². The molecule has 1 aromatic rings. The maximum Gasteiger partial charge on any atom is 0.191 e. The number of thiocarbonyl (C=S) groups is 1. The summed E-state index contributed by atoms with van der Waals surface area (Å²) in [6, 6.07) is 8.51. The SMILES string of the molecule is CCOC(=S)c1cccc(CN([Si](C)(C)C)[Si](C)(C)C)c1. The molecule has 0 unspecified atom stereocenters. The summed E-state index contributed by atoms with van der Waals surface area (Å²) in [7, 11) is -2.67. The van der Waals surface area contributed by atoms with Gasteiger partial charge in [-0.3, -0.25) is 0 Å². The molecule has 0 bridgehead atoms. The summed E-state index contributed by atoms with van der Waals surface area (Å²) < 4.78 is 8.24. The van der Waals surface area contributed by atoms with Crippen molar-refractivity contribution < 1.29 is 4.74 Å². The zero-order chi connectivity index (χ0) is 16.3. The summed E-state index contributed by atoms with van der Waals surface area (Å²) >= 11 is 5.32. The summed E-state index contributed by atoms with van der Waals surface area (Å²) in [5.41, 5.74) is 2.36. The van der Waals surface area contributed by atoms with Crippen molar-refractivity contribution in [3.63, 3.8) is 0 Å². The monoisotopic (exact) mass is 339 g/mol. The highest BCUT2D eigenvalue weighted by Crippen LogP contribution is 2.23. The minimum Gasteiger partial charge on any atom is -0.483 e. The third-order valence-electron chi connectivity index (χ3n) is 3.40. The fourth-order valence-corrected chi connectivity index (χ4v) is 12.3. The lowest BCUT2D eigenvalue weighted by atomic mass is 10.1. The standard InChI is InChI=1S/C16H29NOSSi2/c1-8-18-16(19)15-11-9-10-14(12-15)13-17(20(2,3)4)21(5,6)7/h9-12H,8,13H2,1-7H3. The van der Waals surface area contributed by atoms with E-state index in [2.05, 4.69) is 61.7 Å². The van der Waals surface area contributed by atoms with Gasteiger partial charge >= 0.3 is 0 Å². The quantitative estimate of drug-likeness (QED) is 0.542. The fraction of sp³-hybridized carbons (Fsp3) is 0.562. The second kappa shape index (κ2) is 7.18. The van der Waals surface area contributed by atoms with Crippen LogP contribution in [0.25, 0.3) is 0 Å². The van der Waals surface area contributed by atoms with Gasteiger partial charge in [0.15, 0.2) is 5.05 Å². The van der Waals surface area contributed by atoms with Crippen LogP contribution in [0.5, 0.6) is 0 Å². The van der Waals surface area contributed by atoms with Crippen molar-refractivity contribution in [2.75, 3.05) is 6.61 Å². The van der Waals surface area contributed by atoms with Gasteiger partial charge < -0.3 is 8.97 Å². The Labute approximate surface area is 137 Å². The molecule has 0 saturated heterocycles. The molecule has 2 nitrogen and oxygen atoms in total. The number of benzene rings is 1. The molecule has 0 amide bonds. The van der Waals surface area contributed by atoms with Gasteiger partial charge in [-0.1, -0.05) is 57.5 Å². The second-order valence-corrected chi connectivity index (χ2v) is 17.9. The average Bonchev–Trinajstić information content (AvgIpc) is 2.34. The molecule has 0 aliphatic carbocycles. The van der Waals surface area contributed by atoms with Crippen molar-refractivity contribution in [1.82, 2.24) is 4.23 Å². The first-order valence-electron chi connectivity index (χ1n) is 7.59. The fourth-order valence-electron chi connectivity index (χ4n) is 2.67. The molecule has 0 aliphatic heterocycles. The Bertz CT molecular complexity index is 478. The molecule has 118 valence electrons. The van der Waals surface area contributed by atoms with Crippen LogP contribution in [0.3, 0.4) is 0 Å². The Morgan fingerprint density at radius 1 is 1.10 bits per heavy atom. The number of nitrogens with zero attached hydrogens (tertiary/aromatic N) is 1. The van der Waals surface area contributed by atoms with Gasteiger partial charge in [-0.25, -0.2) is 0 Å². The number of rotatable bonds is 6. The van der Waals surface area contributed by atoms with Gasteiger partial charge in [-0.15, -0.1) is 0 Å². The molecule has 0 aromatic heterocycles. The molecule has 1 rings (SSSR count). The molecule has 1 aromatic carbocycles. The zero-order valence-corrected chi connectivity index (χ0v) is 17.3. The minimum atomic E-state index is -1.33. The summed E-state index contributed by atoms with van der Waals surface area (Å²) in [5, 5.41) is 0.604. The molecule has 0 heterocycles. The molecule has 0 fully saturated rings. The molecule has 21 heavy (non-hydrogen) atoms. The van der Waals surface area contributed by atoms with E-state index in [4.69, 9.17) is 17.0 Å². The van der Waals surface area contributed by atoms with Crippen LogP contribution in [0.4, 0.5) is 0 Å². The highest BCUT2D eigenvalue weighted by Gasteiger charge is 2.34. The molecular formula is C16H29NOSSi2. The Morgan fingerprint density at radius 3 is 2.14 bits per heavy atom. The van der Waals surface area contributed by atoms with Crippen LogP contribution in [-0.2, 0) is 11.3 Å². The topological polar surface area (TPSA) is 12.5 Å². The van der Waals surface area contributed by atoms with Crippen molar-refractivity contribution in [1.29, 1.82) is 0 Å².